The summed E-state index contributed by atoms with van der Waals surface area (Å²) >= 11 is 0. The highest BCUT2D eigenvalue weighted by Gasteiger charge is 2.26. The second-order valence-electron chi connectivity index (χ2n) is 6.41. The van der Waals surface area contributed by atoms with Crippen molar-refractivity contribution in [3.63, 3.8) is 0 Å². The van der Waals surface area contributed by atoms with Gasteiger partial charge in [-0.25, -0.2) is 0 Å². The molecule has 0 bridgehead atoms. The van der Waals surface area contributed by atoms with Gasteiger partial charge in [-0.3, -0.25) is 9.59 Å². The summed E-state index contributed by atoms with van der Waals surface area (Å²) in [7, 11) is 0. The Morgan fingerprint density at radius 2 is 1.93 bits per heavy atom. The van der Waals surface area contributed by atoms with Crippen LogP contribution in [-0.2, 0) is 27.3 Å². The number of amides is 1. The van der Waals surface area contributed by atoms with E-state index in [1.54, 1.807) is 0 Å². The van der Waals surface area contributed by atoms with Crippen LogP contribution in [0.5, 0.6) is 5.75 Å². The Labute approximate surface area is 158 Å². The predicted molar refractivity (Wildman–Crippen MR) is 99.5 cm³/mol. The molecule has 2 N–H and O–H groups in total. The van der Waals surface area contributed by atoms with E-state index in [9.17, 15) is 9.59 Å². The van der Waals surface area contributed by atoms with E-state index < -0.39 is 12.1 Å². The number of carboxylic acid groups (broad SMARTS) is 1. The molecule has 0 aromatic heterocycles. The van der Waals surface area contributed by atoms with E-state index in [0.29, 0.717) is 31.9 Å². The van der Waals surface area contributed by atoms with Gasteiger partial charge in [-0.2, -0.15) is 0 Å². The number of hydrogen-bond acceptors (Lipinski definition) is 4. The standard InChI is InChI=1S/C21H23NO5/c23-19(24)6-3-12-26-17-9-7-15(8-10-17)14-22-21(25)20-18-5-2-1-4-16(18)11-13-27-20/h1-2,4-5,7-10,20H,3,6,11-14H2,(H,22,25)(H,23,24). The minimum atomic E-state index is -0.825. The van der Waals surface area contributed by atoms with E-state index >= 15 is 0 Å². The molecule has 2 aromatic carbocycles. The van der Waals surface area contributed by atoms with Gasteiger partial charge in [-0.15, -0.1) is 0 Å². The van der Waals surface area contributed by atoms with E-state index in [2.05, 4.69) is 5.32 Å². The summed E-state index contributed by atoms with van der Waals surface area (Å²) in [5.41, 5.74) is 3.05. The highest BCUT2D eigenvalue weighted by atomic mass is 16.5. The van der Waals surface area contributed by atoms with Gasteiger partial charge in [-0.1, -0.05) is 36.4 Å². The molecule has 3 rings (SSSR count). The number of nitrogens with one attached hydrogen (secondary N) is 1. The third-order valence-electron chi connectivity index (χ3n) is 4.43. The molecule has 1 heterocycles. The molecule has 0 fully saturated rings. The minimum absolute atomic E-state index is 0.0937. The Kier molecular flexibility index (Phi) is 6.44. The first-order valence-electron chi connectivity index (χ1n) is 9.04. The molecular formula is C21H23NO5. The molecule has 0 radical (unpaired) electrons. The molecule has 1 amide bonds. The number of ether oxygens (including phenoxy) is 2. The van der Waals surface area contributed by atoms with Gasteiger partial charge in [0.2, 0.25) is 0 Å². The lowest BCUT2D eigenvalue weighted by Crippen LogP contribution is -2.33. The van der Waals surface area contributed by atoms with Crippen molar-refractivity contribution < 1.29 is 24.2 Å². The Balaban J connectivity index is 1.49. The maximum Gasteiger partial charge on any atom is 0.303 e. The lowest BCUT2D eigenvalue weighted by atomic mass is 9.97. The zero-order valence-electron chi connectivity index (χ0n) is 15.0. The Morgan fingerprint density at radius 1 is 1.15 bits per heavy atom. The summed E-state index contributed by atoms with van der Waals surface area (Å²) in [6, 6.07) is 15.3. The van der Waals surface area contributed by atoms with E-state index in [0.717, 1.165) is 23.1 Å². The molecule has 0 aliphatic carbocycles. The summed E-state index contributed by atoms with van der Waals surface area (Å²) < 4.78 is 11.2. The Bertz CT molecular complexity index is 787. The van der Waals surface area contributed by atoms with E-state index in [1.807, 2.05) is 48.5 Å². The van der Waals surface area contributed by atoms with Gasteiger partial charge in [0.1, 0.15) is 5.75 Å². The molecule has 6 heteroatoms. The number of carbonyl (C=O) groups excluding carboxylic acids is 1. The van der Waals surface area contributed by atoms with Crippen LogP contribution in [0.3, 0.4) is 0 Å². The van der Waals surface area contributed by atoms with Crippen LogP contribution in [0.1, 0.15) is 35.6 Å². The van der Waals surface area contributed by atoms with Gasteiger partial charge >= 0.3 is 5.97 Å². The number of benzene rings is 2. The van der Waals surface area contributed by atoms with Crippen molar-refractivity contribution in [2.24, 2.45) is 0 Å². The number of carboxylic acids is 1. The van der Waals surface area contributed by atoms with Crippen molar-refractivity contribution in [1.29, 1.82) is 0 Å². The van der Waals surface area contributed by atoms with Gasteiger partial charge < -0.3 is 19.9 Å². The summed E-state index contributed by atoms with van der Waals surface area (Å²) in [5, 5.41) is 11.5. The van der Waals surface area contributed by atoms with Crippen LogP contribution in [0.2, 0.25) is 0 Å². The van der Waals surface area contributed by atoms with Crippen LogP contribution >= 0.6 is 0 Å². The fourth-order valence-electron chi connectivity index (χ4n) is 3.01. The molecule has 0 spiro atoms. The zero-order chi connectivity index (χ0) is 19.1. The molecule has 142 valence electrons. The number of aliphatic carboxylic acids is 1. The quantitative estimate of drug-likeness (QED) is 0.699. The zero-order valence-corrected chi connectivity index (χ0v) is 15.0. The third-order valence-corrected chi connectivity index (χ3v) is 4.43. The Morgan fingerprint density at radius 3 is 2.70 bits per heavy atom. The van der Waals surface area contributed by atoms with E-state index in [1.165, 1.54) is 0 Å². The fourth-order valence-corrected chi connectivity index (χ4v) is 3.01. The maximum atomic E-state index is 12.5. The summed E-state index contributed by atoms with van der Waals surface area (Å²) in [6.45, 7) is 1.31. The van der Waals surface area contributed by atoms with Crippen molar-refractivity contribution in [1.82, 2.24) is 5.32 Å². The third kappa shape index (κ3) is 5.31. The fraction of sp³-hybridized carbons (Fsp3) is 0.333. The van der Waals surface area contributed by atoms with Crippen molar-refractivity contribution >= 4 is 11.9 Å². The van der Waals surface area contributed by atoms with Gasteiger partial charge in [0.15, 0.2) is 6.10 Å². The highest BCUT2D eigenvalue weighted by Crippen LogP contribution is 2.27. The van der Waals surface area contributed by atoms with Crippen molar-refractivity contribution in [2.45, 2.75) is 31.9 Å². The molecule has 27 heavy (non-hydrogen) atoms. The smallest absolute Gasteiger partial charge is 0.303 e. The van der Waals surface area contributed by atoms with Crippen LogP contribution < -0.4 is 10.1 Å². The topological polar surface area (TPSA) is 84.9 Å². The first-order valence-corrected chi connectivity index (χ1v) is 9.04. The van der Waals surface area contributed by atoms with Crippen LogP contribution in [0, 0.1) is 0 Å². The summed E-state index contributed by atoms with van der Waals surface area (Å²) in [5.74, 6) is -0.287. The molecule has 0 saturated carbocycles. The van der Waals surface area contributed by atoms with Crippen molar-refractivity contribution in [2.75, 3.05) is 13.2 Å². The number of hydrogen-bond donors (Lipinski definition) is 2. The van der Waals surface area contributed by atoms with Crippen LogP contribution in [0.4, 0.5) is 0 Å². The van der Waals surface area contributed by atoms with Crippen LogP contribution in [0.25, 0.3) is 0 Å². The molecule has 2 aromatic rings. The first-order chi connectivity index (χ1) is 13.1. The second-order valence-corrected chi connectivity index (χ2v) is 6.41. The normalized spacial score (nSPS) is 15.6. The summed E-state index contributed by atoms with van der Waals surface area (Å²) in [4.78, 5) is 23.0. The molecule has 0 saturated heterocycles. The highest BCUT2D eigenvalue weighted by molar-refractivity contribution is 5.82. The lowest BCUT2D eigenvalue weighted by molar-refractivity contribution is -0.137. The first kappa shape index (κ1) is 18.9. The maximum absolute atomic E-state index is 12.5. The van der Waals surface area contributed by atoms with Crippen molar-refractivity contribution in [3.05, 3.63) is 65.2 Å². The molecule has 1 aliphatic heterocycles. The average molecular weight is 369 g/mol. The molecule has 1 unspecified atom stereocenters. The number of rotatable bonds is 8. The van der Waals surface area contributed by atoms with Gasteiger partial charge in [0, 0.05) is 13.0 Å². The predicted octanol–water partition coefficient (Wildman–Crippen LogP) is 2.86. The van der Waals surface area contributed by atoms with Crippen LogP contribution in [0.15, 0.2) is 48.5 Å². The summed E-state index contributed by atoms with van der Waals surface area (Å²) in [6.07, 6.45) is 0.826. The lowest BCUT2D eigenvalue weighted by Gasteiger charge is -2.25. The van der Waals surface area contributed by atoms with E-state index in [4.69, 9.17) is 14.6 Å². The van der Waals surface area contributed by atoms with Crippen LogP contribution in [-0.4, -0.2) is 30.2 Å². The number of fused-ring (bicyclic) bond motifs is 1. The second kappa shape index (κ2) is 9.19. The van der Waals surface area contributed by atoms with Gasteiger partial charge in [0.25, 0.3) is 5.91 Å². The largest absolute Gasteiger partial charge is 0.494 e. The molecule has 6 nitrogen and oxygen atoms in total. The van der Waals surface area contributed by atoms with E-state index in [-0.39, 0.29) is 12.3 Å². The monoisotopic (exact) mass is 369 g/mol. The van der Waals surface area contributed by atoms with Crippen molar-refractivity contribution in [3.8, 4) is 5.75 Å². The van der Waals surface area contributed by atoms with Gasteiger partial charge in [-0.05, 0) is 41.7 Å². The minimum Gasteiger partial charge on any atom is -0.494 e. The Hall–Kier alpha value is -2.86. The molecule has 1 atom stereocenters. The van der Waals surface area contributed by atoms with Gasteiger partial charge in [0.05, 0.1) is 13.2 Å². The average Bonchev–Trinajstić information content (AvgIpc) is 2.69. The number of carbonyl (C=O) groups is 2. The molecule has 1 aliphatic rings. The molecular weight excluding hydrogens is 346 g/mol. The SMILES string of the molecule is O=C(O)CCCOc1ccc(CNC(=O)C2OCCc3ccccc32)cc1.